The van der Waals surface area contributed by atoms with Gasteiger partial charge in [-0.2, -0.15) is 0 Å². The Hall–Kier alpha value is -0.960. The Kier molecular flexibility index (Phi) is 3.77. The van der Waals surface area contributed by atoms with E-state index >= 15 is 0 Å². The molecule has 17 heavy (non-hydrogen) atoms. The van der Waals surface area contributed by atoms with Crippen molar-refractivity contribution in [3.05, 3.63) is 33.8 Å². The van der Waals surface area contributed by atoms with Crippen LogP contribution in [0.5, 0.6) is 0 Å². The molecule has 2 rings (SSSR count). The van der Waals surface area contributed by atoms with Crippen LogP contribution in [0.2, 0.25) is 0 Å². The number of rotatable bonds is 2. The number of halogens is 1. The second kappa shape index (κ2) is 5.13. The molecule has 0 saturated heterocycles. The first kappa shape index (κ1) is 12.5. The summed E-state index contributed by atoms with van der Waals surface area (Å²) in [5, 5.41) is 0. The van der Waals surface area contributed by atoms with Gasteiger partial charge in [-0.25, -0.2) is 0 Å². The zero-order valence-electron chi connectivity index (χ0n) is 9.83. The normalized spacial score (nSPS) is 20.4. The lowest BCUT2D eigenvalue weighted by atomic mass is 9.83. The molecule has 1 aromatic rings. The molecule has 0 aliphatic heterocycles. The van der Waals surface area contributed by atoms with E-state index in [9.17, 15) is 9.59 Å². The van der Waals surface area contributed by atoms with E-state index in [0.717, 1.165) is 22.9 Å². The Morgan fingerprint density at radius 3 is 2.82 bits per heavy atom. The van der Waals surface area contributed by atoms with E-state index in [1.165, 1.54) is 0 Å². The number of aryl methyl sites for hydroxylation is 1. The Labute approximate surface area is 110 Å². The van der Waals surface area contributed by atoms with E-state index in [1.807, 2.05) is 25.1 Å². The molecule has 1 unspecified atom stereocenters. The maximum Gasteiger partial charge on any atom is 0.166 e. The third-order valence-corrected chi connectivity index (χ3v) is 4.16. The second-order valence-corrected chi connectivity index (χ2v) is 5.51. The quantitative estimate of drug-likeness (QED) is 0.780. The van der Waals surface area contributed by atoms with Gasteiger partial charge in [-0.3, -0.25) is 9.59 Å². The van der Waals surface area contributed by atoms with E-state index in [2.05, 4.69) is 15.9 Å². The first-order valence-electron chi connectivity index (χ1n) is 5.90. The Morgan fingerprint density at radius 2 is 2.18 bits per heavy atom. The van der Waals surface area contributed by atoms with E-state index in [0.29, 0.717) is 18.4 Å². The highest BCUT2D eigenvalue weighted by Gasteiger charge is 2.26. The molecule has 0 spiro atoms. The van der Waals surface area contributed by atoms with Gasteiger partial charge in [0.15, 0.2) is 5.78 Å². The molecule has 90 valence electrons. The molecule has 1 aliphatic carbocycles. The monoisotopic (exact) mass is 294 g/mol. The van der Waals surface area contributed by atoms with Crippen LogP contribution in [0.15, 0.2) is 22.7 Å². The van der Waals surface area contributed by atoms with Crippen molar-refractivity contribution in [2.24, 2.45) is 5.92 Å². The number of Topliss-reactive ketones (excluding diaryl/α,β-unsaturated/α-hetero) is 2. The maximum absolute atomic E-state index is 12.2. The highest BCUT2D eigenvalue weighted by atomic mass is 79.9. The lowest BCUT2D eigenvalue weighted by Gasteiger charge is -2.19. The Balaban J connectivity index is 2.18. The molecule has 0 radical (unpaired) electrons. The molecule has 1 atom stereocenters. The molecule has 1 aliphatic rings. The third kappa shape index (κ3) is 2.83. The van der Waals surface area contributed by atoms with Crippen LogP contribution in [-0.4, -0.2) is 11.6 Å². The summed E-state index contributed by atoms with van der Waals surface area (Å²) in [7, 11) is 0. The molecule has 0 aromatic heterocycles. The van der Waals surface area contributed by atoms with Crippen molar-refractivity contribution in [2.75, 3.05) is 0 Å². The van der Waals surface area contributed by atoms with Crippen LogP contribution in [0.25, 0.3) is 0 Å². The summed E-state index contributed by atoms with van der Waals surface area (Å²) in [5.74, 6) is 0.227. The van der Waals surface area contributed by atoms with Crippen LogP contribution in [0.4, 0.5) is 0 Å². The van der Waals surface area contributed by atoms with Crippen molar-refractivity contribution in [1.82, 2.24) is 0 Å². The molecule has 0 amide bonds. The van der Waals surface area contributed by atoms with E-state index in [4.69, 9.17) is 0 Å². The summed E-state index contributed by atoms with van der Waals surface area (Å²) >= 11 is 3.43. The van der Waals surface area contributed by atoms with Gasteiger partial charge in [0, 0.05) is 28.8 Å². The summed E-state index contributed by atoms with van der Waals surface area (Å²) in [4.78, 5) is 23.6. The van der Waals surface area contributed by atoms with Crippen LogP contribution in [0.3, 0.4) is 0 Å². The summed E-state index contributed by atoms with van der Waals surface area (Å²) in [6.07, 6.45) is 2.75. The summed E-state index contributed by atoms with van der Waals surface area (Å²) < 4.78 is 0.950. The van der Waals surface area contributed by atoms with Crippen molar-refractivity contribution in [1.29, 1.82) is 0 Å². The molecular formula is C14H15BrO2. The molecule has 0 bridgehead atoms. The first-order chi connectivity index (χ1) is 8.08. The topological polar surface area (TPSA) is 34.1 Å². The molecule has 0 heterocycles. The van der Waals surface area contributed by atoms with Crippen molar-refractivity contribution < 1.29 is 9.59 Å². The van der Waals surface area contributed by atoms with E-state index in [1.54, 1.807) is 0 Å². The zero-order valence-corrected chi connectivity index (χ0v) is 11.4. The molecule has 1 aromatic carbocycles. The van der Waals surface area contributed by atoms with Gasteiger partial charge in [-0.1, -0.05) is 28.1 Å². The second-order valence-electron chi connectivity index (χ2n) is 4.66. The summed E-state index contributed by atoms with van der Waals surface area (Å²) in [6.45, 7) is 1.99. The van der Waals surface area contributed by atoms with Gasteiger partial charge in [-0.05, 0) is 31.4 Å². The number of carbonyl (C=O) groups is 2. The number of carbonyl (C=O) groups excluding carboxylic acids is 2. The molecule has 1 saturated carbocycles. The zero-order chi connectivity index (χ0) is 12.4. The predicted molar refractivity (Wildman–Crippen MR) is 70.2 cm³/mol. The smallest absolute Gasteiger partial charge is 0.166 e. The minimum absolute atomic E-state index is 0.106. The van der Waals surface area contributed by atoms with Crippen LogP contribution < -0.4 is 0 Å². The van der Waals surface area contributed by atoms with Crippen molar-refractivity contribution in [2.45, 2.75) is 32.6 Å². The lowest BCUT2D eigenvalue weighted by Crippen LogP contribution is -2.23. The minimum Gasteiger partial charge on any atom is -0.300 e. The Morgan fingerprint density at radius 1 is 1.41 bits per heavy atom. The number of benzene rings is 1. The van der Waals surface area contributed by atoms with Crippen molar-refractivity contribution in [3.63, 3.8) is 0 Å². The van der Waals surface area contributed by atoms with Crippen LogP contribution in [-0.2, 0) is 4.79 Å². The average Bonchev–Trinajstić information content (AvgIpc) is 2.32. The Bertz CT molecular complexity index is 465. The average molecular weight is 295 g/mol. The summed E-state index contributed by atoms with van der Waals surface area (Å²) in [6, 6.07) is 5.64. The first-order valence-corrected chi connectivity index (χ1v) is 6.69. The van der Waals surface area contributed by atoms with Gasteiger partial charge in [-0.15, -0.1) is 0 Å². The fraction of sp³-hybridized carbons (Fsp3) is 0.429. The SMILES string of the molecule is Cc1ccc(C(=O)C2CCCC(=O)C2)cc1Br. The maximum atomic E-state index is 12.2. The number of hydrogen-bond acceptors (Lipinski definition) is 2. The molecule has 2 nitrogen and oxygen atoms in total. The molecular weight excluding hydrogens is 280 g/mol. The van der Waals surface area contributed by atoms with Crippen molar-refractivity contribution in [3.8, 4) is 0 Å². The van der Waals surface area contributed by atoms with Gasteiger partial charge < -0.3 is 0 Å². The number of hydrogen-bond donors (Lipinski definition) is 0. The minimum atomic E-state index is -0.106. The molecule has 3 heteroatoms. The van der Waals surface area contributed by atoms with Gasteiger partial charge in [0.25, 0.3) is 0 Å². The van der Waals surface area contributed by atoms with Gasteiger partial charge in [0.05, 0.1) is 0 Å². The van der Waals surface area contributed by atoms with Gasteiger partial charge >= 0.3 is 0 Å². The van der Waals surface area contributed by atoms with Gasteiger partial charge in [0.1, 0.15) is 5.78 Å². The molecule has 1 fully saturated rings. The summed E-state index contributed by atoms with van der Waals surface area (Å²) in [5.41, 5.74) is 1.82. The van der Waals surface area contributed by atoms with Gasteiger partial charge in [0.2, 0.25) is 0 Å². The van der Waals surface area contributed by atoms with Crippen molar-refractivity contribution >= 4 is 27.5 Å². The predicted octanol–water partition coefficient (Wildman–Crippen LogP) is 3.70. The highest BCUT2D eigenvalue weighted by Crippen LogP contribution is 2.26. The van der Waals surface area contributed by atoms with E-state index < -0.39 is 0 Å². The fourth-order valence-corrected chi connectivity index (χ4v) is 2.61. The fourth-order valence-electron chi connectivity index (χ4n) is 2.23. The largest absolute Gasteiger partial charge is 0.300 e. The van der Waals surface area contributed by atoms with Crippen LogP contribution >= 0.6 is 15.9 Å². The number of ketones is 2. The van der Waals surface area contributed by atoms with Crippen LogP contribution in [0.1, 0.15) is 41.6 Å². The standard InChI is InChI=1S/C14H15BrO2/c1-9-5-6-11(8-13(9)15)14(17)10-3-2-4-12(16)7-10/h5-6,8,10H,2-4,7H2,1H3. The van der Waals surface area contributed by atoms with Crippen LogP contribution in [0, 0.1) is 12.8 Å². The molecule has 0 N–H and O–H groups in total. The van der Waals surface area contributed by atoms with E-state index in [-0.39, 0.29) is 17.5 Å². The lowest BCUT2D eigenvalue weighted by molar-refractivity contribution is -0.121. The third-order valence-electron chi connectivity index (χ3n) is 3.31. The highest BCUT2D eigenvalue weighted by molar-refractivity contribution is 9.10.